The SMILES string of the molecule is N#Cc1cc(NCCNc2ccc(C(=O)O)cc2)ccc1OC[C@@H]1CO[C@@](Cn2cncn2)(c2ccc(F)cc2F)C1. The number of anilines is 2. The summed E-state index contributed by atoms with van der Waals surface area (Å²) in [5.74, 6) is -2.05. The van der Waals surface area contributed by atoms with Crippen molar-refractivity contribution in [2.45, 2.75) is 18.6 Å². The minimum absolute atomic E-state index is 0.127. The zero-order chi connectivity index (χ0) is 29.5. The number of benzene rings is 3. The van der Waals surface area contributed by atoms with E-state index in [-0.39, 0.29) is 36.8 Å². The van der Waals surface area contributed by atoms with Gasteiger partial charge in [0.15, 0.2) is 0 Å². The lowest BCUT2D eigenvalue weighted by Crippen LogP contribution is -2.32. The van der Waals surface area contributed by atoms with E-state index in [1.165, 1.54) is 36.9 Å². The maximum atomic E-state index is 14.9. The molecule has 3 N–H and O–H groups in total. The van der Waals surface area contributed by atoms with Gasteiger partial charge in [-0.3, -0.25) is 0 Å². The summed E-state index contributed by atoms with van der Waals surface area (Å²) in [5.41, 5.74) is 1.27. The number of aromatic nitrogens is 3. The number of ether oxygens (including phenoxy) is 2. The lowest BCUT2D eigenvalue weighted by atomic mass is 9.87. The third-order valence-electron chi connectivity index (χ3n) is 7.01. The van der Waals surface area contributed by atoms with Crippen LogP contribution in [0, 0.1) is 28.9 Å². The molecular formula is C30H28F2N6O4. The van der Waals surface area contributed by atoms with E-state index in [4.69, 9.17) is 14.6 Å². The third kappa shape index (κ3) is 6.64. The Balaban J connectivity index is 1.17. The number of nitriles is 1. The number of hydrogen-bond donors (Lipinski definition) is 3. The Labute approximate surface area is 240 Å². The second-order valence-corrected chi connectivity index (χ2v) is 9.96. The Hall–Kier alpha value is -5.02. The average molecular weight is 575 g/mol. The number of carboxylic acid groups (broad SMARTS) is 1. The van der Waals surface area contributed by atoms with Crippen LogP contribution in [0.1, 0.15) is 27.9 Å². The summed E-state index contributed by atoms with van der Waals surface area (Å²) in [6, 6.07) is 17.3. The van der Waals surface area contributed by atoms with Crippen LogP contribution in [0.4, 0.5) is 20.2 Å². The maximum Gasteiger partial charge on any atom is 0.335 e. The molecule has 5 rings (SSSR count). The summed E-state index contributed by atoms with van der Waals surface area (Å²) >= 11 is 0. The van der Waals surface area contributed by atoms with Crippen LogP contribution in [-0.4, -0.2) is 52.1 Å². The standard InChI is InChI=1S/C30H28F2N6O4/c31-23-3-7-26(27(32)12-23)30(17-38-19-34-18-37-38)13-20(16-42-30)15-41-28-8-6-25(11-22(28)14-33)36-10-9-35-24-4-1-21(2-5-24)29(39)40/h1-8,11-12,18-20,35-36H,9-10,13,15-17H2,(H,39,40)/t20-,30+/m1/s1. The molecule has 0 unspecified atom stereocenters. The fraction of sp³-hybridized carbons (Fsp3) is 0.267. The van der Waals surface area contributed by atoms with Crippen molar-refractivity contribution in [1.82, 2.24) is 14.8 Å². The smallest absolute Gasteiger partial charge is 0.335 e. The predicted molar refractivity (Wildman–Crippen MR) is 149 cm³/mol. The Kier molecular flexibility index (Phi) is 8.59. The molecule has 12 heteroatoms. The number of nitrogens with zero attached hydrogens (tertiary/aromatic N) is 4. The van der Waals surface area contributed by atoms with E-state index in [1.54, 1.807) is 28.9 Å². The summed E-state index contributed by atoms with van der Waals surface area (Å²) in [5, 5.41) is 29.3. The molecule has 0 bridgehead atoms. The van der Waals surface area contributed by atoms with Crippen LogP contribution in [0.5, 0.6) is 5.75 Å². The number of halogens is 2. The molecule has 2 atom stereocenters. The summed E-state index contributed by atoms with van der Waals surface area (Å²) in [6.45, 7) is 1.82. The molecule has 0 radical (unpaired) electrons. The Morgan fingerprint density at radius 3 is 2.57 bits per heavy atom. The number of carbonyl (C=O) groups is 1. The second-order valence-electron chi connectivity index (χ2n) is 9.96. The highest BCUT2D eigenvalue weighted by atomic mass is 19.1. The minimum Gasteiger partial charge on any atom is -0.492 e. The van der Waals surface area contributed by atoms with Gasteiger partial charge in [-0.15, -0.1) is 0 Å². The normalized spacial score (nSPS) is 17.9. The first-order valence-electron chi connectivity index (χ1n) is 13.3. The van der Waals surface area contributed by atoms with Gasteiger partial charge in [0.25, 0.3) is 0 Å². The molecular weight excluding hydrogens is 546 g/mol. The lowest BCUT2D eigenvalue weighted by molar-refractivity contribution is -0.0206. The molecule has 1 aliphatic heterocycles. The third-order valence-corrected chi connectivity index (χ3v) is 7.01. The van der Waals surface area contributed by atoms with Crippen molar-refractivity contribution < 1.29 is 28.2 Å². The summed E-state index contributed by atoms with van der Waals surface area (Å²) < 4.78 is 42.2. The predicted octanol–water partition coefficient (Wildman–Crippen LogP) is 4.66. The number of hydrogen-bond acceptors (Lipinski definition) is 8. The quantitative estimate of drug-likeness (QED) is 0.207. The molecule has 1 aromatic heterocycles. The molecule has 4 aromatic rings. The van der Waals surface area contributed by atoms with Crippen molar-refractivity contribution in [3.63, 3.8) is 0 Å². The maximum absolute atomic E-state index is 14.9. The van der Waals surface area contributed by atoms with Crippen molar-refractivity contribution in [3.05, 3.63) is 102 Å². The molecule has 0 amide bonds. The van der Waals surface area contributed by atoms with E-state index < -0.39 is 23.2 Å². The van der Waals surface area contributed by atoms with Gasteiger partial charge in [-0.05, 0) is 55.0 Å². The highest BCUT2D eigenvalue weighted by molar-refractivity contribution is 5.88. The second kappa shape index (κ2) is 12.7. The van der Waals surface area contributed by atoms with Gasteiger partial charge >= 0.3 is 5.97 Å². The minimum atomic E-state index is -1.09. The molecule has 216 valence electrons. The van der Waals surface area contributed by atoms with Crippen molar-refractivity contribution in [1.29, 1.82) is 5.26 Å². The van der Waals surface area contributed by atoms with Gasteiger partial charge in [0.1, 0.15) is 41.7 Å². The van der Waals surface area contributed by atoms with Crippen LogP contribution in [0.25, 0.3) is 0 Å². The van der Waals surface area contributed by atoms with Gasteiger partial charge < -0.3 is 25.2 Å². The number of aromatic carboxylic acids is 1. The molecule has 0 saturated carbocycles. The zero-order valence-corrected chi connectivity index (χ0v) is 22.5. The topological polar surface area (TPSA) is 134 Å². The molecule has 42 heavy (non-hydrogen) atoms. The molecule has 1 aliphatic rings. The van der Waals surface area contributed by atoms with Crippen molar-refractivity contribution in [3.8, 4) is 11.8 Å². The van der Waals surface area contributed by atoms with E-state index in [1.807, 2.05) is 6.07 Å². The van der Waals surface area contributed by atoms with Crippen LogP contribution >= 0.6 is 0 Å². The van der Waals surface area contributed by atoms with E-state index in [0.717, 1.165) is 17.4 Å². The van der Waals surface area contributed by atoms with E-state index in [9.17, 15) is 18.8 Å². The summed E-state index contributed by atoms with van der Waals surface area (Å²) in [4.78, 5) is 14.9. The van der Waals surface area contributed by atoms with E-state index >= 15 is 0 Å². The van der Waals surface area contributed by atoms with Crippen LogP contribution < -0.4 is 15.4 Å². The van der Waals surface area contributed by atoms with Gasteiger partial charge in [0, 0.05) is 42.0 Å². The number of carboxylic acids is 1. The van der Waals surface area contributed by atoms with Gasteiger partial charge in [0.2, 0.25) is 0 Å². The van der Waals surface area contributed by atoms with Gasteiger partial charge in [-0.2, -0.15) is 10.4 Å². The highest BCUT2D eigenvalue weighted by Gasteiger charge is 2.44. The highest BCUT2D eigenvalue weighted by Crippen LogP contribution is 2.42. The molecule has 1 fully saturated rings. The van der Waals surface area contributed by atoms with Gasteiger partial charge in [0.05, 0.1) is 30.9 Å². The first-order valence-corrected chi connectivity index (χ1v) is 13.3. The fourth-order valence-corrected chi connectivity index (χ4v) is 4.99. The fourth-order valence-electron chi connectivity index (χ4n) is 4.99. The summed E-state index contributed by atoms with van der Waals surface area (Å²) in [7, 11) is 0. The van der Waals surface area contributed by atoms with Gasteiger partial charge in [-0.1, -0.05) is 6.07 Å². The molecule has 0 aliphatic carbocycles. The molecule has 10 nitrogen and oxygen atoms in total. The van der Waals surface area contributed by atoms with Crippen LogP contribution in [0.3, 0.4) is 0 Å². The first-order chi connectivity index (χ1) is 20.3. The van der Waals surface area contributed by atoms with Crippen molar-refractivity contribution >= 4 is 17.3 Å². The molecule has 2 heterocycles. The zero-order valence-electron chi connectivity index (χ0n) is 22.5. The molecule has 1 saturated heterocycles. The Bertz CT molecular complexity index is 1580. The lowest BCUT2D eigenvalue weighted by Gasteiger charge is -2.29. The Morgan fingerprint density at radius 1 is 1.12 bits per heavy atom. The van der Waals surface area contributed by atoms with Gasteiger partial charge in [-0.25, -0.2) is 23.2 Å². The molecule has 3 aromatic carbocycles. The van der Waals surface area contributed by atoms with Crippen LogP contribution in [-0.2, 0) is 16.9 Å². The van der Waals surface area contributed by atoms with Crippen LogP contribution in [0.2, 0.25) is 0 Å². The average Bonchev–Trinajstić information content (AvgIpc) is 3.65. The number of rotatable bonds is 12. The van der Waals surface area contributed by atoms with E-state index in [2.05, 4.69) is 26.8 Å². The van der Waals surface area contributed by atoms with E-state index in [0.29, 0.717) is 30.8 Å². The van der Waals surface area contributed by atoms with Crippen molar-refractivity contribution in [2.75, 3.05) is 36.9 Å². The first kappa shape index (κ1) is 28.5. The largest absolute Gasteiger partial charge is 0.492 e. The monoisotopic (exact) mass is 574 g/mol. The number of nitrogens with one attached hydrogen (secondary N) is 2. The van der Waals surface area contributed by atoms with Crippen molar-refractivity contribution in [2.24, 2.45) is 5.92 Å². The van der Waals surface area contributed by atoms with Crippen LogP contribution in [0.15, 0.2) is 73.3 Å². The summed E-state index contributed by atoms with van der Waals surface area (Å²) in [6.07, 6.45) is 3.28. The Morgan fingerprint density at radius 2 is 1.88 bits per heavy atom. The molecule has 0 spiro atoms.